The van der Waals surface area contributed by atoms with E-state index in [0.29, 0.717) is 13.2 Å². The molecule has 1 heterocycles. The fourth-order valence-electron chi connectivity index (χ4n) is 3.51. The predicted octanol–water partition coefficient (Wildman–Crippen LogP) is 3.50. The Hall–Kier alpha value is -2.51. The number of carboxylic acids is 1. The van der Waals surface area contributed by atoms with E-state index in [1.807, 2.05) is 49.0 Å². The minimum atomic E-state index is -0.959. The van der Waals surface area contributed by atoms with Crippen LogP contribution in [-0.2, 0) is 4.79 Å². The first-order valence-electron chi connectivity index (χ1n) is 10.1. The van der Waals surface area contributed by atoms with E-state index in [1.165, 1.54) is 0 Å². The number of para-hydroxylation sites is 1. The SMILES string of the molecule is CC(NC(=O)C1(NCCOc2ccccc2)CCSCC1)c1ccc(C(=O)O)cc1. The van der Waals surface area contributed by atoms with Gasteiger partial charge >= 0.3 is 5.97 Å². The van der Waals surface area contributed by atoms with E-state index in [-0.39, 0.29) is 17.5 Å². The molecule has 1 fully saturated rings. The molecule has 1 aliphatic rings. The summed E-state index contributed by atoms with van der Waals surface area (Å²) in [6.07, 6.45) is 1.53. The molecule has 1 aliphatic heterocycles. The van der Waals surface area contributed by atoms with Gasteiger partial charge in [0.25, 0.3) is 0 Å². The highest BCUT2D eigenvalue weighted by molar-refractivity contribution is 7.99. The molecule has 3 N–H and O–H groups in total. The number of nitrogens with one attached hydrogen (secondary N) is 2. The van der Waals surface area contributed by atoms with Gasteiger partial charge in [0, 0.05) is 6.54 Å². The van der Waals surface area contributed by atoms with Crippen LogP contribution in [-0.4, -0.2) is 47.2 Å². The van der Waals surface area contributed by atoms with Gasteiger partial charge in [-0.15, -0.1) is 0 Å². The van der Waals surface area contributed by atoms with Crippen molar-refractivity contribution in [1.29, 1.82) is 0 Å². The zero-order valence-electron chi connectivity index (χ0n) is 17.1. The minimum Gasteiger partial charge on any atom is -0.492 e. The Kier molecular flexibility index (Phi) is 7.76. The lowest BCUT2D eigenvalue weighted by Gasteiger charge is -2.37. The first-order valence-corrected chi connectivity index (χ1v) is 11.3. The van der Waals surface area contributed by atoms with E-state index in [9.17, 15) is 9.59 Å². The Bertz CT molecular complexity index is 836. The van der Waals surface area contributed by atoms with Gasteiger partial charge < -0.3 is 15.2 Å². The minimum absolute atomic E-state index is 0.0164. The fourth-order valence-corrected chi connectivity index (χ4v) is 4.70. The van der Waals surface area contributed by atoms with Crippen molar-refractivity contribution in [2.45, 2.75) is 31.3 Å². The van der Waals surface area contributed by atoms with Gasteiger partial charge in [-0.25, -0.2) is 4.79 Å². The number of rotatable bonds is 9. The van der Waals surface area contributed by atoms with E-state index in [2.05, 4.69) is 10.6 Å². The van der Waals surface area contributed by atoms with Gasteiger partial charge in [-0.1, -0.05) is 30.3 Å². The average Bonchev–Trinajstić information content (AvgIpc) is 2.78. The van der Waals surface area contributed by atoms with Crippen LogP contribution >= 0.6 is 11.8 Å². The molecule has 1 saturated heterocycles. The molecule has 6 nitrogen and oxygen atoms in total. The molecule has 30 heavy (non-hydrogen) atoms. The van der Waals surface area contributed by atoms with Crippen molar-refractivity contribution in [1.82, 2.24) is 10.6 Å². The third-order valence-electron chi connectivity index (χ3n) is 5.36. The monoisotopic (exact) mass is 428 g/mol. The molecule has 1 unspecified atom stereocenters. The summed E-state index contributed by atoms with van der Waals surface area (Å²) in [6, 6.07) is 16.0. The molecule has 3 rings (SSSR count). The standard InChI is InChI=1S/C23H28N2O4S/c1-17(18-7-9-19(10-8-18)21(26)27)25-22(28)23(11-15-30-16-12-23)24-13-14-29-20-5-3-2-4-6-20/h2-10,17,24H,11-16H2,1H3,(H,25,28)(H,26,27). The molecule has 0 spiro atoms. The van der Waals surface area contributed by atoms with Gasteiger partial charge in [0.05, 0.1) is 17.1 Å². The highest BCUT2D eigenvalue weighted by atomic mass is 32.2. The fraction of sp³-hybridized carbons (Fsp3) is 0.391. The number of aromatic carboxylic acids is 1. The van der Waals surface area contributed by atoms with Crippen LogP contribution in [0.4, 0.5) is 0 Å². The topological polar surface area (TPSA) is 87.7 Å². The Morgan fingerprint density at radius 2 is 1.77 bits per heavy atom. The third-order valence-corrected chi connectivity index (χ3v) is 6.35. The summed E-state index contributed by atoms with van der Waals surface area (Å²) < 4.78 is 5.76. The number of carbonyl (C=O) groups excluding carboxylic acids is 1. The second-order valence-electron chi connectivity index (χ2n) is 7.41. The molecule has 2 aromatic rings. The van der Waals surface area contributed by atoms with E-state index < -0.39 is 11.5 Å². The van der Waals surface area contributed by atoms with Crippen LogP contribution in [0.1, 0.15) is 41.7 Å². The molecule has 2 aromatic carbocycles. The van der Waals surface area contributed by atoms with Crippen LogP contribution in [0.5, 0.6) is 5.75 Å². The van der Waals surface area contributed by atoms with Crippen LogP contribution in [0, 0.1) is 0 Å². The van der Waals surface area contributed by atoms with Gasteiger partial charge in [0.15, 0.2) is 0 Å². The number of amides is 1. The smallest absolute Gasteiger partial charge is 0.335 e. The lowest BCUT2D eigenvalue weighted by Crippen LogP contribution is -2.59. The van der Waals surface area contributed by atoms with Crippen molar-refractivity contribution >= 4 is 23.6 Å². The summed E-state index contributed by atoms with van der Waals surface area (Å²) in [5.41, 5.74) is 0.500. The van der Waals surface area contributed by atoms with Gasteiger partial charge in [-0.3, -0.25) is 10.1 Å². The molecule has 0 radical (unpaired) electrons. The molecule has 7 heteroatoms. The quantitative estimate of drug-likeness (QED) is 0.530. The van der Waals surface area contributed by atoms with Crippen molar-refractivity contribution in [3.05, 3.63) is 65.7 Å². The Morgan fingerprint density at radius 3 is 2.40 bits per heavy atom. The zero-order chi connectivity index (χ0) is 21.4. The molecule has 0 aliphatic carbocycles. The van der Waals surface area contributed by atoms with Gasteiger partial charge in [0.2, 0.25) is 5.91 Å². The maximum atomic E-state index is 13.2. The van der Waals surface area contributed by atoms with E-state index in [0.717, 1.165) is 35.7 Å². The van der Waals surface area contributed by atoms with Crippen molar-refractivity contribution in [3.63, 3.8) is 0 Å². The van der Waals surface area contributed by atoms with Crippen LogP contribution < -0.4 is 15.4 Å². The summed E-state index contributed by atoms with van der Waals surface area (Å²) in [7, 11) is 0. The number of hydrogen-bond acceptors (Lipinski definition) is 5. The Balaban J connectivity index is 1.59. The predicted molar refractivity (Wildman–Crippen MR) is 119 cm³/mol. The van der Waals surface area contributed by atoms with Gasteiger partial charge in [0.1, 0.15) is 12.4 Å². The summed E-state index contributed by atoms with van der Waals surface area (Å²) in [5, 5.41) is 15.6. The maximum Gasteiger partial charge on any atom is 0.335 e. The van der Waals surface area contributed by atoms with Gasteiger partial charge in [-0.05, 0) is 61.1 Å². The summed E-state index contributed by atoms with van der Waals surface area (Å²) in [6.45, 7) is 2.98. The number of ether oxygens (including phenoxy) is 1. The molecule has 1 amide bonds. The summed E-state index contributed by atoms with van der Waals surface area (Å²) in [4.78, 5) is 24.3. The number of carbonyl (C=O) groups is 2. The average molecular weight is 429 g/mol. The normalized spacial score (nSPS) is 16.4. The van der Waals surface area contributed by atoms with Crippen molar-refractivity contribution in [2.75, 3.05) is 24.7 Å². The molecular formula is C23H28N2O4S. The van der Waals surface area contributed by atoms with E-state index in [4.69, 9.17) is 9.84 Å². The number of hydrogen-bond donors (Lipinski definition) is 3. The maximum absolute atomic E-state index is 13.2. The van der Waals surface area contributed by atoms with Gasteiger partial charge in [-0.2, -0.15) is 11.8 Å². The van der Waals surface area contributed by atoms with E-state index >= 15 is 0 Å². The van der Waals surface area contributed by atoms with Crippen LogP contribution in [0.2, 0.25) is 0 Å². The molecule has 0 saturated carbocycles. The van der Waals surface area contributed by atoms with Crippen molar-refractivity contribution in [3.8, 4) is 5.75 Å². The third kappa shape index (κ3) is 5.77. The molecule has 0 aromatic heterocycles. The Labute approximate surface area is 181 Å². The van der Waals surface area contributed by atoms with Crippen LogP contribution in [0.15, 0.2) is 54.6 Å². The lowest BCUT2D eigenvalue weighted by atomic mass is 9.90. The second kappa shape index (κ2) is 10.5. The van der Waals surface area contributed by atoms with E-state index in [1.54, 1.807) is 24.3 Å². The van der Waals surface area contributed by atoms with Crippen LogP contribution in [0.3, 0.4) is 0 Å². The lowest BCUT2D eigenvalue weighted by molar-refractivity contribution is -0.128. The Morgan fingerprint density at radius 1 is 1.10 bits per heavy atom. The number of carboxylic acid groups (broad SMARTS) is 1. The molecule has 1 atom stereocenters. The second-order valence-corrected chi connectivity index (χ2v) is 8.63. The van der Waals surface area contributed by atoms with Crippen molar-refractivity contribution in [2.24, 2.45) is 0 Å². The first kappa shape index (κ1) is 22.2. The molecular weight excluding hydrogens is 400 g/mol. The highest BCUT2D eigenvalue weighted by Crippen LogP contribution is 2.28. The van der Waals surface area contributed by atoms with Crippen molar-refractivity contribution < 1.29 is 19.4 Å². The number of benzene rings is 2. The zero-order valence-corrected chi connectivity index (χ0v) is 17.9. The first-order chi connectivity index (χ1) is 14.5. The molecule has 0 bridgehead atoms. The van der Waals surface area contributed by atoms with Crippen LogP contribution in [0.25, 0.3) is 0 Å². The highest BCUT2D eigenvalue weighted by Gasteiger charge is 2.39. The summed E-state index contributed by atoms with van der Waals surface area (Å²) >= 11 is 1.86. The largest absolute Gasteiger partial charge is 0.492 e. The summed E-state index contributed by atoms with van der Waals surface area (Å²) in [5.74, 6) is 1.70. The number of thioether (sulfide) groups is 1. The molecule has 160 valence electrons.